The Morgan fingerprint density at radius 3 is 2.55 bits per heavy atom. The lowest BCUT2D eigenvalue weighted by Crippen LogP contribution is -2.34. The summed E-state index contributed by atoms with van der Waals surface area (Å²) in [6, 6.07) is 22.3. The Balaban J connectivity index is 1.44. The number of fused-ring (bicyclic) bond motifs is 1. The second-order valence-corrected chi connectivity index (χ2v) is 7.79. The molecule has 0 atom stereocenters. The van der Waals surface area contributed by atoms with Gasteiger partial charge >= 0.3 is 0 Å². The maximum absolute atomic E-state index is 12.8. The number of benzene rings is 3. The molecule has 0 fully saturated rings. The number of rotatable bonds is 8. The Bertz CT molecular complexity index is 1320. The van der Waals surface area contributed by atoms with Gasteiger partial charge in [-0.1, -0.05) is 48.9 Å². The molecule has 0 saturated carbocycles. The number of carbonyl (C=O) groups is 1. The van der Waals surface area contributed by atoms with Gasteiger partial charge in [-0.3, -0.25) is 14.5 Å². The molecule has 0 aliphatic heterocycles. The zero-order valence-corrected chi connectivity index (χ0v) is 18.7. The highest BCUT2D eigenvalue weighted by Gasteiger charge is 2.14. The van der Waals surface area contributed by atoms with Crippen molar-refractivity contribution in [3.63, 3.8) is 0 Å². The second kappa shape index (κ2) is 10.1. The van der Waals surface area contributed by atoms with E-state index in [1.54, 1.807) is 12.1 Å². The number of aryl methyl sites for hydroxylation is 1. The molecule has 0 spiro atoms. The largest absolute Gasteiger partial charge is 0.455 e. The topological polar surface area (TPSA) is 87.3 Å². The monoisotopic (exact) mass is 442 g/mol. The Hall–Kier alpha value is -3.97. The van der Waals surface area contributed by atoms with E-state index in [4.69, 9.17) is 4.74 Å². The Labute approximate surface area is 192 Å². The Morgan fingerprint density at radius 1 is 1.03 bits per heavy atom. The summed E-state index contributed by atoms with van der Waals surface area (Å²) in [5.41, 5.74) is 2.19. The van der Waals surface area contributed by atoms with E-state index in [0.29, 0.717) is 47.0 Å². The normalized spacial score (nSPS) is 11.0. The van der Waals surface area contributed by atoms with E-state index >= 15 is 0 Å². The smallest absolute Gasteiger partial charge is 0.258 e. The van der Waals surface area contributed by atoms with Gasteiger partial charge in [0.05, 0.1) is 29.7 Å². The first-order valence-electron chi connectivity index (χ1n) is 10.9. The molecule has 7 heteroatoms. The summed E-state index contributed by atoms with van der Waals surface area (Å²) in [6.45, 7) is 5.09. The van der Waals surface area contributed by atoms with Gasteiger partial charge in [0.25, 0.3) is 5.56 Å². The van der Waals surface area contributed by atoms with Gasteiger partial charge in [-0.2, -0.15) is 0 Å². The number of aromatic nitrogens is 2. The van der Waals surface area contributed by atoms with E-state index in [1.165, 1.54) is 0 Å². The Morgan fingerprint density at radius 2 is 1.76 bits per heavy atom. The van der Waals surface area contributed by atoms with Gasteiger partial charge < -0.3 is 15.0 Å². The van der Waals surface area contributed by atoms with Crippen LogP contribution in [-0.4, -0.2) is 33.9 Å². The average Bonchev–Trinajstić information content (AvgIpc) is 2.81. The molecule has 33 heavy (non-hydrogen) atoms. The molecule has 168 valence electrons. The zero-order chi connectivity index (χ0) is 23.2. The third-order valence-electron chi connectivity index (χ3n) is 5.26. The van der Waals surface area contributed by atoms with Crippen molar-refractivity contribution >= 4 is 22.5 Å². The lowest BCUT2D eigenvalue weighted by atomic mass is 10.2. The number of hydrogen-bond acceptors (Lipinski definition) is 5. The first-order valence-corrected chi connectivity index (χ1v) is 10.9. The van der Waals surface area contributed by atoms with Crippen molar-refractivity contribution in [3.05, 3.63) is 94.5 Å². The number of para-hydroxylation sites is 3. The van der Waals surface area contributed by atoms with Crippen LogP contribution in [0.1, 0.15) is 18.3 Å². The number of H-pyrrole nitrogens is 1. The summed E-state index contributed by atoms with van der Waals surface area (Å²) in [6.07, 6.45) is 0. The standard InChI is InChI=1S/C26H26N4O3/c1-3-30(16-24-27-21-9-5-4-8-20(21)26(32)29-24)17-25(31)28-22-10-6-7-11-23(22)33-19-14-12-18(2)13-15-19/h4-15H,3,16-17H2,1-2H3,(H,28,31)(H,27,29,32). The lowest BCUT2D eigenvalue weighted by Gasteiger charge is -2.20. The van der Waals surface area contributed by atoms with Gasteiger partial charge in [0.15, 0.2) is 5.75 Å². The van der Waals surface area contributed by atoms with E-state index in [-0.39, 0.29) is 18.0 Å². The predicted octanol–water partition coefficient (Wildman–Crippen LogP) is 4.48. The highest BCUT2D eigenvalue weighted by atomic mass is 16.5. The van der Waals surface area contributed by atoms with Crippen molar-refractivity contribution in [3.8, 4) is 11.5 Å². The van der Waals surface area contributed by atoms with Crippen molar-refractivity contribution in [2.75, 3.05) is 18.4 Å². The number of likely N-dealkylation sites (N-methyl/N-ethyl adjacent to an activating group) is 1. The molecular weight excluding hydrogens is 416 g/mol. The molecule has 3 aromatic carbocycles. The third-order valence-corrected chi connectivity index (χ3v) is 5.26. The fourth-order valence-corrected chi connectivity index (χ4v) is 3.49. The van der Waals surface area contributed by atoms with Crippen LogP contribution in [-0.2, 0) is 11.3 Å². The SMILES string of the molecule is CCN(CC(=O)Nc1ccccc1Oc1ccc(C)cc1)Cc1nc2ccccc2c(=O)[nH]1. The van der Waals surface area contributed by atoms with Gasteiger partial charge in [0.2, 0.25) is 5.91 Å². The summed E-state index contributed by atoms with van der Waals surface area (Å²) in [7, 11) is 0. The summed E-state index contributed by atoms with van der Waals surface area (Å²) in [5, 5.41) is 3.48. The van der Waals surface area contributed by atoms with E-state index in [9.17, 15) is 9.59 Å². The quantitative estimate of drug-likeness (QED) is 0.420. The summed E-state index contributed by atoms with van der Waals surface area (Å²) in [4.78, 5) is 34.4. The van der Waals surface area contributed by atoms with Crippen LogP contribution >= 0.6 is 0 Å². The van der Waals surface area contributed by atoms with Crippen molar-refractivity contribution in [2.45, 2.75) is 20.4 Å². The maximum atomic E-state index is 12.8. The van der Waals surface area contributed by atoms with Crippen LogP contribution in [0.3, 0.4) is 0 Å². The number of carbonyl (C=O) groups excluding carboxylic acids is 1. The van der Waals surface area contributed by atoms with Crippen LogP contribution in [0.15, 0.2) is 77.6 Å². The van der Waals surface area contributed by atoms with E-state index < -0.39 is 0 Å². The number of hydrogen-bond donors (Lipinski definition) is 2. The zero-order valence-electron chi connectivity index (χ0n) is 18.7. The van der Waals surface area contributed by atoms with Crippen LogP contribution in [0.5, 0.6) is 11.5 Å². The number of ether oxygens (including phenoxy) is 1. The molecule has 0 saturated heterocycles. The third kappa shape index (κ3) is 5.64. The van der Waals surface area contributed by atoms with E-state index in [0.717, 1.165) is 5.56 Å². The fourth-order valence-electron chi connectivity index (χ4n) is 3.49. The maximum Gasteiger partial charge on any atom is 0.258 e. The van der Waals surface area contributed by atoms with Crippen LogP contribution in [0.2, 0.25) is 0 Å². The lowest BCUT2D eigenvalue weighted by molar-refractivity contribution is -0.117. The van der Waals surface area contributed by atoms with Crippen molar-refractivity contribution in [1.29, 1.82) is 0 Å². The van der Waals surface area contributed by atoms with Crippen LogP contribution in [0.25, 0.3) is 10.9 Å². The van der Waals surface area contributed by atoms with Crippen LogP contribution in [0.4, 0.5) is 5.69 Å². The van der Waals surface area contributed by atoms with Crippen molar-refractivity contribution in [1.82, 2.24) is 14.9 Å². The van der Waals surface area contributed by atoms with Gasteiger partial charge in [0.1, 0.15) is 11.6 Å². The van der Waals surface area contributed by atoms with Gasteiger partial charge in [-0.25, -0.2) is 4.98 Å². The highest BCUT2D eigenvalue weighted by Crippen LogP contribution is 2.29. The molecule has 0 unspecified atom stereocenters. The van der Waals surface area contributed by atoms with E-state index in [1.807, 2.05) is 79.4 Å². The predicted molar refractivity (Wildman–Crippen MR) is 130 cm³/mol. The number of anilines is 1. The number of nitrogens with zero attached hydrogens (tertiary/aromatic N) is 2. The van der Waals surface area contributed by atoms with E-state index in [2.05, 4.69) is 15.3 Å². The molecule has 0 aliphatic rings. The highest BCUT2D eigenvalue weighted by molar-refractivity contribution is 5.93. The van der Waals surface area contributed by atoms with Crippen LogP contribution in [0, 0.1) is 6.92 Å². The molecule has 1 amide bonds. The second-order valence-electron chi connectivity index (χ2n) is 7.79. The average molecular weight is 443 g/mol. The molecule has 0 radical (unpaired) electrons. The molecule has 0 bridgehead atoms. The summed E-state index contributed by atoms with van der Waals surface area (Å²) in [5.74, 6) is 1.61. The molecule has 1 aromatic heterocycles. The number of amides is 1. The summed E-state index contributed by atoms with van der Waals surface area (Å²) >= 11 is 0. The summed E-state index contributed by atoms with van der Waals surface area (Å²) < 4.78 is 5.97. The Kier molecular flexibility index (Phi) is 6.80. The minimum Gasteiger partial charge on any atom is -0.455 e. The van der Waals surface area contributed by atoms with Gasteiger partial charge in [-0.15, -0.1) is 0 Å². The first kappa shape index (κ1) is 22.2. The molecular formula is C26H26N4O3. The van der Waals surface area contributed by atoms with Crippen molar-refractivity contribution in [2.24, 2.45) is 0 Å². The van der Waals surface area contributed by atoms with Crippen molar-refractivity contribution < 1.29 is 9.53 Å². The molecule has 0 aliphatic carbocycles. The number of aromatic amines is 1. The fraction of sp³-hybridized carbons (Fsp3) is 0.192. The molecule has 7 nitrogen and oxygen atoms in total. The first-order chi connectivity index (χ1) is 16.0. The minimum absolute atomic E-state index is 0.145. The molecule has 2 N–H and O–H groups in total. The molecule has 4 aromatic rings. The number of nitrogens with one attached hydrogen (secondary N) is 2. The van der Waals surface area contributed by atoms with Crippen LogP contribution < -0.4 is 15.6 Å². The molecule has 4 rings (SSSR count). The van der Waals surface area contributed by atoms with Gasteiger partial charge in [-0.05, 0) is 49.9 Å². The molecule has 1 heterocycles. The van der Waals surface area contributed by atoms with Gasteiger partial charge in [0, 0.05) is 0 Å². The minimum atomic E-state index is -0.182.